The molecule has 0 fully saturated rings. The molecule has 2 aromatic carbocycles. The Morgan fingerprint density at radius 3 is 2.95 bits per heavy atom. The second-order valence-corrected chi connectivity index (χ2v) is 5.87. The minimum atomic E-state index is -0.238. The Kier molecular flexibility index (Phi) is 3.66. The van der Waals surface area contributed by atoms with Gasteiger partial charge in [-0.3, -0.25) is 0 Å². The Labute approximate surface area is 126 Å². The number of fused-ring (bicyclic) bond motifs is 1. The summed E-state index contributed by atoms with van der Waals surface area (Å²) in [4.78, 5) is 0. The van der Waals surface area contributed by atoms with Crippen molar-refractivity contribution in [2.45, 2.75) is 19.4 Å². The topological polar surface area (TPSA) is 21.3 Å². The lowest BCUT2D eigenvalue weighted by atomic mass is 10.1. The first-order valence-corrected chi connectivity index (χ1v) is 7.37. The normalized spacial score (nSPS) is 16.6. The van der Waals surface area contributed by atoms with Crippen molar-refractivity contribution < 1.29 is 9.13 Å². The molecule has 0 amide bonds. The van der Waals surface area contributed by atoms with Crippen LogP contribution in [0.3, 0.4) is 0 Å². The summed E-state index contributed by atoms with van der Waals surface area (Å²) in [6.07, 6.45) is 1.03. The van der Waals surface area contributed by atoms with Gasteiger partial charge in [0.25, 0.3) is 0 Å². The molecule has 1 atom stereocenters. The number of hydrogen-bond acceptors (Lipinski definition) is 2. The van der Waals surface area contributed by atoms with Crippen LogP contribution in [0, 0.1) is 12.7 Å². The number of aryl methyl sites for hydroxylation is 1. The molecular weight excluding hydrogens is 321 g/mol. The molecule has 0 aromatic heterocycles. The molecule has 1 N–H and O–H groups in total. The minimum Gasteiger partial charge on any atom is -0.488 e. The van der Waals surface area contributed by atoms with Gasteiger partial charge in [-0.05, 0) is 52.2 Å². The molecule has 0 bridgehead atoms. The minimum absolute atomic E-state index is 0.121. The second kappa shape index (κ2) is 5.44. The number of hydrogen-bond donors (Lipinski definition) is 1. The Morgan fingerprint density at radius 2 is 2.15 bits per heavy atom. The number of ether oxygens (including phenoxy) is 1. The number of halogens is 2. The number of nitrogens with one attached hydrogen (secondary N) is 1. The third-order valence-corrected chi connectivity index (χ3v) is 4.11. The van der Waals surface area contributed by atoms with Crippen molar-refractivity contribution >= 4 is 21.6 Å². The van der Waals surface area contributed by atoms with Crippen molar-refractivity contribution in [2.75, 3.05) is 11.9 Å². The summed E-state index contributed by atoms with van der Waals surface area (Å²) in [6.45, 7) is 2.59. The molecular formula is C16H15BrFNO. The fourth-order valence-corrected chi connectivity index (χ4v) is 2.77. The van der Waals surface area contributed by atoms with Crippen LogP contribution in [0.1, 0.15) is 11.1 Å². The van der Waals surface area contributed by atoms with E-state index in [1.807, 2.05) is 25.1 Å². The highest BCUT2D eigenvalue weighted by Crippen LogP contribution is 2.29. The average Bonchev–Trinajstić information content (AvgIpc) is 2.84. The second-order valence-electron chi connectivity index (χ2n) is 5.01. The molecule has 0 saturated heterocycles. The van der Waals surface area contributed by atoms with E-state index >= 15 is 0 Å². The van der Waals surface area contributed by atoms with Crippen molar-refractivity contribution in [1.29, 1.82) is 0 Å². The van der Waals surface area contributed by atoms with Gasteiger partial charge in [-0.25, -0.2) is 4.39 Å². The van der Waals surface area contributed by atoms with Gasteiger partial charge in [0.2, 0.25) is 0 Å². The third kappa shape index (κ3) is 2.66. The average molecular weight is 336 g/mol. The van der Waals surface area contributed by atoms with E-state index < -0.39 is 0 Å². The molecule has 0 radical (unpaired) electrons. The first-order chi connectivity index (χ1) is 9.63. The van der Waals surface area contributed by atoms with Crippen LogP contribution in [-0.2, 0) is 6.42 Å². The van der Waals surface area contributed by atoms with Gasteiger partial charge in [0.1, 0.15) is 17.7 Å². The van der Waals surface area contributed by atoms with Gasteiger partial charge in [0, 0.05) is 12.1 Å². The molecule has 2 nitrogen and oxygen atoms in total. The van der Waals surface area contributed by atoms with Crippen molar-refractivity contribution in [3.63, 3.8) is 0 Å². The zero-order valence-corrected chi connectivity index (χ0v) is 12.7. The maximum Gasteiger partial charge on any atom is 0.137 e. The number of anilines is 1. The van der Waals surface area contributed by atoms with E-state index in [0.717, 1.165) is 23.4 Å². The highest BCUT2D eigenvalue weighted by Gasteiger charge is 2.22. The van der Waals surface area contributed by atoms with E-state index in [1.54, 1.807) is 6.07 Å². The van der Waals surface area contributed by atoms with E-state index in [-0.39, 0.29) is 11.9 Å². The van der Waals surface area contributed by atoms with Crippen molar-refractivity contribution in [1.82, 2.24) is 0 Å². The molecule has 0 aliphatic carbocycles. The van der Waals surface area contributed by atoms with Crippen LogP contribution in [0.2, 0.25) is 0 Å². The molecule has 0 spiro atoms. The zero-order valence-electron chi connectivity index (χ0n) is 11.1. The fourth-order valence-electron chi connectivity index (χ4n) is 2.43. The van der Waals surface area contributed by atoms with E-state index in [4.69, 9.17) is 4.74 Å². The Balaban J connectivity index is 1.66. The van der Waals surface area contributed by atoms with Crippen molar-refractivity contribution in [3.05, 3.63) is 57.8 Å². The van der Waals surface area contributed by atoms with Gasteiger partial charge in [-0.2, -0.15) is 0 Å². The molecule has 1 aliphatic rings. The Bertz CT molecular complexity index is 619. The summed E-state index contributed by atoms with van der Waals surface area (Å²) in [7, 11) is 0. The summed E-state index contributed by atoms with van der Waals surface area (Å²) in [5, 5.41) is 3.34. The van der Waals surface area contributed by atoms with Crippen LogP contribution in [-0.4, -0.2) is 12.6 Å². The SMILES string of the molecule is Cc1cc(F)c(Br)cc1NCC1Cc2ccccc2O1. The van der Waals surface area contributed by atoms with Gasteiger partial charge in [-0.15, -0.1) is 0 Å². The first-order valence-electron chi connectivity index (χ1n) is 6.57. The van der Waals surface area contributed by atoms with Gasteiger partial charge >= 0.3 is 0 Å². The van der Waals surface area contributed by atoms with Crippen molar-refractivity contribution in [2.24, 2.45) is 0 Å². The predicted octanol–water partition coefficient (Wildman–Crippen LogP) is 4.31. The Morgan fingerprint density at radius 1 is 1.35 bits per heavy atom. The molecule has 1 unspecified atom stereocenters. The number of benzene rings is 2. The molecule has 3 rings (SSSR count). The highest BCUT2D eigenvalue weighted by molar-refractivity contribution is 9.10. The molecule has 1 aliphatic heterocycles. The lowest BCUT2D eigenvalue weighted by Crippen LogP contribution is -2.24. The Hall–Kier alpha value is -1.55. The van der Waals surface area contributed by atoms with Crippen LogP contribution in [0.15, 0.2) is 40.9 Å². The summed E-state index contributed by atoms with van der Waals surface area (Å²) in [5.74, 6) is 0.730. The number of para-hydroxylation sites is 1. The third-order valence-electron chi connectivity index (χ3n) is 3.50. The molecule has 4 heteroatoms. The largest absolute Gasteiger partial charge is 0.488 e. The van der Waals surface area contributed by atoms with Gasteiger partial charge in [0.05, 0.1) is 11.0 Å². The summed E-state index contributed by atoms with van der Waals surface area (Å²) >= 11 is 3.21. The smallest absolute Gasteiger partial charge is 0.137 e. The molecule has 0 saturated carbocycles. The summed E-state index contributed by atoms with van der Waals surface area (Å²) in [5.41, 5.74) is 3.07. The van der Waals surface area contributed by atoms with E-state index in [1.165, 1.54) is 11.6 Å². The fraction of sp³-hybridized carbons (Fsp3) is 0.250. The van der Waals surface area contributed by atoms with Crippen LogP contribution < -0.4 is 10.1 Å². The maximum atomic E-state index is 13.4. The van der Waals surface area contributed by atoms with Gasteiger partial charge in [0.15, 0.2) is 0 Å². The molecule has 2 aromatic rings. The van der Waals surface area contributed by atoms with E-state index in [0.29, 0.717) is 11.0 Å². The van der Waals surface area contributed by atoms with E-state index in [2.05, 4.69) is 27.3 Å². The number of rotatable bonds is 3. The zero-order chi connectivity index (χ0) is 14.1. The predicted molar refractivity (Wildman–Crippen MR) is 81.9 cm³/mol. The lowest BCUT2D eigenvalue weighted by Gasteiger charge is -2.15. The van der Waals surface area contributed by atoms with Gasteiger partial charge in [-0.1, -0.05) is 18.2 Å². The first kappa shape index (κ1) is 13.4. The van der Waals surface area contributed by atoms with E-state index in [9.17, 15) is 4.39 Å². The van der Waals surface area contributed by atoms with Crippen LogP contribution in [0.4, 0.5) is 10.1 Å². The quantitative estimate of drug-likeness (QED) is 0.902. The van der Waals surface area contributed by atoms with Crippen molar-refractivity contribution in [3.8, 4) is 5.75 Å². The molecule has 104 valence electrons. The highest BCUT2D eigenvalue weighted by atomic mass is 79.9. The van der Waals surface area contributed by atoms with Crippen LogP contribution in [0.5, 0.6) is 5.75 Å². The van der Waals surface area contributed by atoms with Gasteiger partial charge < -0.3 is 10.1 Å². The maximum absolute atomic E-state index is 13.4. The monoisotopic (exact) mass is 335 g/mol. The molecule has 1 heterocycles. The standard InChI is InChI=1S/C16H15BrFNO/c1-10-6-14(18)13(17)8-15(10)19-9-12-7-11-4-2-3-5-16(11)20-12/h2-6,8,12,19H,7,9H2,1H3. The summed E-state index contributed by atoms with van der Waals surface area (Å²) < 4.78 is 19.7. The summed E-state index contributed by atoms with van der Waals surface area (Å²) in [6, 6.07) is 11.4. The molecule has 20 heavy (non-hydrogen) atoms. The van der Waals surface area contributed by atoms with Crippen LogP contribution >= 0.6 is 15.9 Å². The van der Waals surface area contributed by atoms with Crippen LogP contribution in [0.25, 0.3) is 0 Å². The lowest BCUT2D eigenvalue weighted by molar-refractivity contribution is 0.246.